The van der Waals surface area contributed by atoms with Crippen molar-refractivity contribution < 1.29 is 22.4 Å². The number of hydrogen-bond donors (Lipinski definition) is 0. The number of carbonyl (C=O) groups excluding carboxylic acids is 1. The van der Waals surface area contributed by atoms with Crippen LogP contribution in [0.25, 0.3) is 0 Å². The molecule has 0 aliphatic carbocycles. The van der Waals surface area contributed by atoms with Gasteiger partial charge >= 0.3 is 5.97 Å². The Labute approximate surface area is 123 Å². The molecule has 1 heterocycles. The predicted molar refractivity (Wildman–Crippen MR) is 75.1 cm³/mol. The summed E-state index contributed by atoms with van der Waals surface area (Å²) in [6, 6.07) is 9.34. The molecule has 0 fully saturated rings. The summed E-state index contributed by atoms with van der Waals surface area (Å²) in [5.41, 5.74) is 0.581. The second kappa shape index (κ2) is 6.11. The molecule has 0 saturated carbocycles. The molecule has 1 aromatic carbocycles. The van der Waals surface area contributed by atoms with Gasteiger partial charge in [0.2, 0.25) is 15.8 Å². The van der Waals surface area contributed by atoms with Gasteiger partial charge in [-0.3, -0.25) is 0 Å². The van der Waals surface area contributed by atoms with Gasteiger partial charge in [0.05, 0.1) is 11.2 Å². The molecule has 0 N–H and O–H groups in total. The normalized spacial score (nSPS) is 11.6. The van der Waals surface area contributed by atoms with Crippen molar-refractivity contribution >= 4 is 16.0 Å². The van der Waals surface area contributed by atoms with E-state index in [1.54, 1.807) is 18.2 Å². The number of hydrogen-bond acceptors (Lipinski definition) is 5. The van der Waals surface area contributed by atoms with Gasteiger partial charge in [-0.2, -0.15) is 0 Å². The van der Waals surface area contributed by atoms with Gasteiger partial charge in [0.25, 0.3) is 0 Å². The van der Waals surface area contributed by atoms with E-state index >= 15 is 0 Å². The number of sulfonamides is 1. The van der Waals surface area contributed by atoms with Crippen molar-refractivity contribution in [3.05, 3.63) is 54.0 Å². The largest absolute Gasteiger partial charge is 0.457 e. The van der Waals surface area contributed by atoms with Crippen LogP contribution in [-0.2, 0) is 21.4 Å². The Morgan fingerprint density at radius 1 is 1.24 bits per heavy atom. The van der Waals surface area contributed by atoms with E-state index in [0.717, 1.165) is 4.31 Å². The lowest BCUT2D eigenvalue weighted by Crippen LogP contribution is -2.22. The Hall–Kier alpha value is -2.12. The minimum atomic E-state index is -3.51. The fraction of sp³-hybridized carbons (Fsp3) is 0.214. The molecule has 0 aliphatic heterocycles. The van der Waals surface area contributed by atoms with Gasteiger partial charge < -0.3 is 9.15 Å². The molecule has 2 aromatic rings. The fourth-order valence-corrected chi connectivity index (χ4v) is 2.59. The Balaban J connectivity index is 2.10. The van der Waals surface area contributed by atoms with Gasteiger partial charge in [0, 0.05) is 14.1 Å². The summed E-state index contributed by atoms with van der Waals surface area (Å²) in [5, 5.41) is 0. The molecule has 0 bridgehead atoms. The Bertz CT molecular complexity index is 720. The number of carbonyl (C=O) groups is 1. The molecule has 21 heavy (non-hydrogen) atoms. The monoisotopic (exact) mass is 309 g/mol. The number of esters is 1. The average Bonchev–Trinajstić information content (AvgIpc) is 2.99. The number of nitrogens with zero attached hydrogens (tertiary/aromatic N) is 1. The third-order valence-electron chi connectivity index (χ3n) is 2.77. The number of furan rings is 1. The van der Waals surface area contributed by atoms with Crippen LogP contribution in [0, 0.1) is 0 Å². The maximum atomic E-state index is 12.0. The van der Waals surface area contributed by atoms with Crippen molar-refractivity contribution in [2.45, 2.75) is 11.5 Å². The highest BCUT2D eigenvalue weighted by molar-refractivity contribution is 7.89. The van der Waals surface area contributed by atoms with Crippen LogP contribution in [0.15, 0.2) is 52.0 Å². The second-order valence-corrected chi connectivity index (χ2v) is 6.64. The molecule has 2 rings (SSSR count). The molecule has 1 aromatic heterocycles. The maximum Gasteiger partial charge on any atom is 0.374 e. The molecule has 0 atom stereocenters. The van der Waals surface area contributed by atoms with E-state index in [4.69, 9.17) is 9.15 Å². The van der Waals surface area contributed by atoms with Crippen LogP contribution in [0.2, 0.25) is 0 Å². The number of ether oxygens (including phenoxy) is 1. The van der Waals surface area contributed by atoms with Crippen molar-refractivity contribution in [1.82, 2.24) is 4.31 Å². The molecule has 0 spiro atoms. The molecule has 112 valence electrons. The Morgan fingerprint density at radius 3 is 2.62 bits per heavy atom. The topological polar surface area (TPSA) is 76.8 Å². The van der Waals surface area contributed by atoms with Crippen molar-refractivity contribution in [2.75, 3.05) is 14.1 Å². The Morgan fingerprint density at radius 2 is 2.00 bits per heavy atom. The van der Waals surface area contributed by atoms with E-state index in [-0.39, 0.29) is 17.3 Å². The molecule has 0 aliphatic rings. The van der Waals surface area contributed by atoms with E-state index in [2.05, 4.69) is 0 Å². The van der Waals surface area contributed by atoms with E-state index in [9.17, 15) is 13.2 Å². The molecular weight excluding hydrogens is 294 g/mol. The second-order valence-electron chi connectivity index (χ2n) is 4.49. The van der Waals surface area contributed by atoms with Crippen molar-refractivity contribution in [2.24, 2.45) is 0 Å². The first kappa shape index (κ1) is 15.3. The average molecular weight is 309 g/mol. The molecule has 0 unspecified atom stereocenters. The maximum absolute atomic E-state index is 12.0. The highest BCUT2D eigenvalue weighted by Gasteiger charge is 2.17. The lowest BCUT2D eigenvalue weighted by atomic mass is 10.2. The molecule has 6 nitrogen and oxygen atoms in total. The number of rotatable bonds is 5. The summed E-state index contributed by atoms with van der Waals surface area (Å²) in [7, 11) is -0.592. The summed E-state index contributed by atoms with van der Waals surface area (Å²) >= 11 is 0. The first-order valence-corrected chi connectivity index (χ1v) is 7.57. The smallest absolute Gasteiger partial charge is 0.374 e. The standard InChI is InChI=1S/C14H15NO5S/c1-15(2)21(17,18)12-6-3-5-11(9-12)10-20-14(16)13-7-4-8-19-13/h3-9H,10H2,1-2H3. The summed E-state index contributed by atoms with van der Waals surface area (Å²) in [4.78, 5) is 11.8. The zero-order chi connectivity index (χ0) is 15.5. The lowest BCUT2D eigenvalue weighted by Gasteiger charge is -2.12. The zero-order valence-corrected chi connectivity index (χ0v) is 12.5. The van der Waals surface area contributed by atoms with Crippen LogP contribution in [0.5, 0.6) is 0 Å². The van der Waals surface area contributed by atoms with Crippen molar-refractivity contribution in [3.63, 3.8) is 0 Å². The van der Waals surface area contributed by atoms with Gasteiger partial charge in [0.1, 0.15) is 6.61 Å². The van der Waals surface area contributed by atoms with Crippen molar-refractivity contribution in [1.29, 1.82) is 0 Å². The van der Waals surface area contributed by atoms with Crippen LogP contribution in [0.3, 0.4) is 0 Å². The minimum Gasteiger partial charge on any atom is -0.457 e. The van der Waals surface area contributed by atoms with Crippen LogP contribution < -0.4 is 0 Å². The van der Waals surface area contributed by atoms with Crippen LogP contribution in [0.1, 0.15) is 16.1 Å². The third kappa shape index (κ3) is 3.50. The van der Waals surface area contributed by atoms with E-state index < -0.39 is 16.0 Å². The molecule has 0 amide bonds. The first-order chi connectivity index (χ1) is 9.91. The predicted octanol–water partition coefficient (Wildman–Crippen LogP) is 1.89. The molecule has 0 radical (unpaired) electrons. The molecule has 0 saturated heterocycles. The Kier molecular flexibility index (Phi) is 4.44. The fourth-order valence-electron chi connectivity index (χ4n) is 1.62. The van der Waals surface area contributed by atoms with Crippen LogP contribution >= 0.6 is 0 Å². The zero-order valence-electron chi connectivity index (χ0n) is 11.6. The summed E-state index contributed by atoms with van der Waals surface area (Å²) < 4.78 is 35.1. The van der Waals surface area contributed by atoms with E-state index in [0.29, 0.717) is 5.56 Å². The van der Waals surface area contributed by atoms with Crippen LogP contribution in [0.4, 0.5) is 0 Å². The summed E-state index contributed by atoms with van der Waals surface area (Å²) in [5.74, 6) is -0.493. The first-order valence-electron chi connectivity index (χ1n) is 6.13. The lowest BCUT2D eigenvalue weighted by molar-refractivity contribution is 0.0436. The molecular formula is C14H15NO5S. The van der Waals surface area contributed by atoms with Crippen molar-refractivity contribution in [3.8, 4) is 0 Å². The van der Waals surface area contributed by atoms with Gasteiger partial charge in [-0.15, -0.1) is 0 Å². The van der Waals surface area contributed by atoms with E-state index in [1.165, 1.54) is 38.6 Å². The number of benzene rings is 1. The van der Waals surface area contributed by atoms with Crippen LogP contribution in [-0.4, -0.2) is 32.8 Å². The van der Waals surface area contributed by atoms with Gasteiger partial charge in [0.15, 0.2) is 0 Å². The van der Waals surface area contributed by atoms with Gasteiger partial charge in [-0.05, 0) is 29.8 Å². The highest BCUT2D eigenvalue weighted by atomic mass is 32.2. The minimum absolute atomic E-state index is 0.0314. The SMILES string of the molecule is CN(C)S(=O)(=O)c1cccc(COC(=O)c2ccco2)c1. The summed E-state index contributed by atoms with van der Waals surface area (Å²) in [6.45, 7) is -0.0314. The van der Waals surface area contributed by atoms with Gasteiger partial charge in [-0.1, -0.05) is 12.1 Å². The van der Waals surface area contributed by atoms with Gasteiger partial charge in [-0.25, -0.2) is 17.5 Å². The van der Waals surface area contributed by atoms with E-state index in [1.807, 2.05) is 0 Å². The summed E-state index contributed by atoms with van der Waals surface area (Å²) in [6.07, 6.45) is 1.38. The highest BCUT2D eigenvalue weighted by Crippen LogP contribution is 2.16. The molecule has 7 heteroatoms. The third-order valence-corrected chi connectivity index (χ3v) is 4.58. The quantitative estimate of drug-likeness (QED) is 0.788.